The molecule has 0 bridgehead atoms. The SMILES string of the molecule is CC(C)C[C@H](CNC(=O)CC1=CCCCC1)CC(=O)O. The normalized spacial score (nSPS) is 16.6. The Kier molecular flexibility index (Phi) is 7.34. The van der Waals surface area contributed by atoms with Crippen molar-refractivity contribution < 1.29 is 14.7 Å². The number of carboxylic acid groups (broad SMARTS) is 1. The molecule has 1 aliphatic carbocycles. The Morgan fingerprint density at radius 2 is 2.10 bits per heavy atom. The Morgan fingerprint density at radius 3 is 2.65 bits per heavy atom. The van der Waals surface area contributed by atoms with E-state index in [1.807, 2.05) is 0 Å². The van der Waals surface area contributed by atoms with E-state index in [1.54, 1.807) is 0 Å². The van der Waals surface area contributed by atoms with Crippen molar-refractivity contribution in [2.45, 2.75) is 58.8 Å². The minimum absolute atomic E-state index is 0.0248. The summed E-state index contributed by atoms with van der Waals surface area (Å²) >= 11 is 0. The topological polar surface area (TPSA) is 66.4 Å². The highest BCUT2D eigenvalue weighted by atomic mass is 16.4. The van der Waals surface area contributed by atoms with E-state index < -0.39 is 5.97 Å². The number of carboxylic acids is 1. The summed E-state index contributed by atoms with van der Waals surface area (Å²) in [6.45, 7) is 4.61. The molecule has 0 aliphatic heterocycles. The molecule has 1 atom stereocenters. The van der Waals surface area contributed by atoms with Crippen LogP contribution in [0.3, 0.4) is 0 Å². The molecule has 20 heavy (non-hydrogen) atoms. The maximum atomic E-state index is 11.9. The van der Waals surface area contributed by atoms with Crippen LogP contribution in [-0.2, 0) is 9.59 Å². The average molecular weight is 281 g/mol. The molecule has 0 aromatic rings. The third-order valence-electron chi connectivity index (χ3n) is 3.63. The summed E-state index contributed by atoms with van der Waals surface area (Å²) in [6.07, 6.45) is 8.10. The zero-order valence-corrected chi connectivity index (χ0v) is 12.7. The number of allylic oxidation sites excluding steroid dienone is 1. The molecule has 0 fully saturated rings. The van der Waals surface area contributed by atoms with E-state index in [-0.39, 0.29) is 18.2 Å². The highest BCUT2D eigenvalue weighted by molar-refractivity contribution is 5.78. The zero-order chi connectivity index (χ0) is 15.0. The average Bonchev–Trinajstić information content (AvgIpc) is 2.36. The molecule has 0 unspecified atom stereocenters. The molecule has 1 amide bonds. The maximum Gasteiger partial charge on any atom is 0.303 e. The lowest BCUT2D eigenvalue weighted by molar-refractivity contribution is -0.138. The second-order valence-corrected chi connectivity index (χ2v) is 6.18. The standard InChI is InChI=1S/C16H27NO3/c1-12(2)8-14(10-16(19)20)11-17-15(18)9-13-6-4-3-5-7-13/h6,12,14H,3-5,7-11H2,1-2H3,(H,17,18)(H,19,20)/t14-/m0/s1. The lowest BCUT2D eigenvalue weighted by Crippen LogP contribution is -2.31. The van der Waals surface area contributed by atoms with Crippen LogP contribution in [0, 0.1) is 11.8 Å². The van der Waals surface area contributed by atoms with Crippen LogP contribution in [0.1, 0.15) is 58.8 Å². The van der Waals surface area contributed by atoms with Crippen LogP contribution < -0.4 is 5.32 Å². The summed E-state index contributed by atoms with van der Waals surface area (Å²) in [5.41, 5.74) is 1.23. The van der Waals surface area contributed by atoms with Gasteiger partial charge in [0, 0.05) is 19.4 Å². The Hall–Kier alpha value is -1.32. The molecule has 1 aliphatic rings. The first kappa shape index (κ1) is 16.7. The fourth-order valence-corrected chi connectivity index (χ4v) is 2.74. The van der Waals surface area contributed by atoms with E-state index in [0.29, 0.717) is 18.9 Å². The largest absolute Gasteiger partial charge is 0.481 e. The molecule has 4 nitrogen and oxygen atoms in total. The third kappa shape index (κ3) is 7.31. The first-order valence-electron chi connectivity index (χ1n) is 7.63. The van der Waals surface area contributed by atoms with Crippen LogP contribution in [0.15, 0.2) is 11.6 Å². The van der Waals surface area contributed by atoms with Gasteiger partial charge < -0.3 is 10.4 Å². The van der Waals surface area contributed by atoms with E-state index in [1.165, 1.54) is 18.4 Å². The smallest absolute Gasteiger partial charge is 0.303 e. The van der Waals surface area contributed by atoms with Crippen molar-refractivity contribution in [2.75, 3.05) is 6.54 Å². The molecule has 0 spiro atoms. The fourth-order valence-electron chi connectivity index (χ4n) is 2.74. The van der Waals surface area contributed by atoms with E-state index in [4.69, 9.17) is 5.11 Å². The van der Waals surface area contributed by atoms with Gasteiger partial charge in [0.15, 0.2) is 0 Å². The molecule has 4 heteroatoms. The molecule has 2 N–H and O–H groups in total. The summed E-state index contributed by atoms with van der Waals surface area (Å²) in [4.78, 5) is 22.7. The number of carbonyl (C=O) groups excluding carboxylic acids is 1. The van der Waals surface area contributed by atoms with Crippen molar-refractivity contribution in [2.24, 2.45) is 11.8 Å². The maximum absolute atomic E-state index is 11.9. The lowest BCUT2D eigenvalue weighted by Gasteiger charge is -2.18. The van der Waals surface area contributed by atoms with Gasteiger partial charge >= 0.3 is 5.97 Å². The molecule has 1 rings (SSSR count). The number of hydrogen-bond donors (Lipinski definition) is 2. The van der Waals surface area contributed by atoms with Crippen LogP contribution in [0.4, 0.5) is 0 Å². The van der Waals surface area contributed by atoms with Gasteiger partial charge in [-0.3, -0.25) is 9.59 Å². The molecular weight excluding hydrogens is 254 g/mol. The predicted molar refractivity (Wildman–Crippen MR) is 79.4 cm³/mol. The number of nitrogens with one attached hydrogen (secondary N) is 1. The number of rotatable bonds is 8. The van der Waals surface area contributed by atoms with Gasteiger partial charge in [0.1, 0.15) is 0 Å². The Labute approximate surface area is 121 Å². The molecule has 0 aromatic heterocycles. The summed E-state index contributed by atoms with van der Waals surface area (Å²) in [6, 6.07) is 0. The van der Waals surface area contributed by atoms with Crippen molar-refractivity contribution in [1.29, 1.82) is 0 Å². The Balaban J connectivity index is 2.35. The minimum Gasteiger partial charge on any atom is -0.481 e. The third-order valence-corrected chi connectivity index (χ3v) is 3.63. The van der Waals surface area contributed by atoms with Gasteiger partial charge in [0.25, 0.3) is 0 Å². The Morgan fingerprint density at radius 1 is 1.35 bits per heavy atom. The highest BCUT2D eigenvalue weighted by Crippen LogP contribution is 2.20. The lowest BCUT2D eigenvalue weighted by atomic mass is 9.93. The number of carbonyl (C=O) groups is 2. The minimum atomic E-state index is -0.792. The number of amides is 1. The van der Waals surface area contributed by atoms with Crippen LogP contribution in [0.2, 0.25) is 0 Å². The fraction of sp³-hybridized carbons (Fsp3) is 0.750. The molecular formula is C16H27NO3. The Bertz CT molecular complexity index is 361. The number of hydrogen-bond acceptors (Lipinski definition) is 2. The van der Waals surface area contributed by atoms with Gasteiger partial charge in [-0.1, -0.05) is 25.5 Å². The van der Waals surface area contributed by atoms with Crippen molar-refractivity contribution >= 4 is 11.9 Å². The summed E-state index contributed by atoms with van der Waals surface area (Å²) in [7, 11) is 0. The van der Waals surface area contributed by atoms with E-state index in [9.17, 15) is 9.59 Å². The second kappa shape index (κ2) is 8.77. The van der Waals surface area contributed by atoms with Gasteiger partial charge in [-0.2, -0.15) is 0 Å². The van der Waals surface area contributed by atoms with Crippen molar-refractivity contribution in [3.05, 3.63) is 11.6 Å². The van der Waals surface area contributed by atoms with E-state index in [2.05, 4.69) is 25.2 Å². The van der Waals surface area contributed by atoms with Gasteiger partial charge in [-0.25, -0.2) is 0 Å². The van der Waals surface area contributed by atoms with Gasteiger partial charge in [-0.15, -0.1) is 0 Å². The van der Waals surface area contributed by atoms with E-state index in [0.717, 1.165) is 19.3 Å². The second-order valence-electron chi connectivity index (χ2n) is 6.18. The first-order valence-corrected chi connectivity index (χ1v) is 7.63. The summed E-state index contributed by atoms with van der Waals surface area (Å²) < 4.78 is 0. The van der Waals surface area contributed by atoms with Crippen LogP contribution >= 0.6 is 0 Å². The van der Waals surface area contributed by atoms with E-state index >= 15 is 0 Å². The molecule has 114 valence electrons. The van der Waals surface area contributed by atoms with Crippen molar-refractivity contribution in [3.63, 3.8) is 0 Å². The number of aliphatic carboxylic acids is 1. The molecule has 0 aromatic carbocycles. The molecule has 0 radical (unpaired) electrons. The molecule has 0 saturated carbocycles. The van der Waals surface area contributed by atoms with Crippen molar-refractivity contribution in [3.8, 4) is 0 Å². The van der Waals surface area contributed by atoms with Gasteiger partial charge in [-0.05, 0) is 43.9 Å². The van der Waals surface area contributed by atoms with Crippen LogP contribution in [0.5, 0.6) is 0 Å². The monoisotopic (exact) mass is 281 g/mol. The van der Waals surface area contributed by atoms with Crippen LogP contribution in [-0.4, -0.2) is 23.5 Å². The van der Waals surface area contributed by atoms with Crippen LogP contribution in [0.25, 0.3) is 0 Å². The molecule has 0 saturated heterocycles. The van der Waals surface area contributed by atoms with Gasteiger partial charge in [0.05, 0.1) is 0 Å². The van der Waals surface area contributed by atoms with Crippen molar-refractivity contribution in [1.82, 2.24) is 5.32 Å². The summed E-state index contributed by atoms with van der Waals surface area (Å²) in [5, 5.41) is 11.8. The quantitative estimate of drug-likeness (QED) is 0.672. The molecule has 0 heterocycles. The zero-order valence-electron chi connectivity index (χ0n) is 12.7. The summed E-state index contributed by atoms with van der Waals surface area (Å²) in [5.74, 6) is -0.300. The first-order chi connectivity index (χ1) is 9.47. The van der Waals surface area contributed by atoms with Gasteiger partial charge in [0.2, 0.25) is 5.91 Å². The predicted octanol–water partition coefficient (Wildman–Crippen LogP) is 3.13. The highest BCUT2D eigenvalue weighted by Gasteiger charge is 2.16.